The molecule has 0 saturated carbocycles. The molecule has 4 rings (SSSR count). The summed E-state index contributed by atoms with van der Waals surface area (Å²) < 4.78 is 6.90. The predicted molar refractivity (Wildman–Crippen MR) is 110 cm³/mol. The van der Waals surface area contributed by atoms with Crippen molar-refractivity contribution in [3.05, 3.63) is 81.7 Å². The quantitative estimate of drug-likeness (QED) is 0.285. The molecule has 0 aliphatic heterocycles. The van der Waals surface area contributed by atoms with Crippen LogP contribution in [0.1, 0.15) is 28.7 Å². The van der Waals surface area contributed by atoms with Gasteiger partial charge in [0.05, 0.1) is 29.8 Å². The third kappa shape index (κ3) is 3.10. The Morgan fingerprint density at radius 1 is 1.14 bits per heavy atom. The number of para-hydroxylation sites is 2. The van der Waals surface area contributed by atoms with Crippen molar-refractivity contribution in [1.82, 2.24) is 9.55 Å². The lowest BCUT2D eigenvalue weighted by molar-refractivity contribution is -0.385. The fourth-order valence-corrected chi connectivity index (χ4v) is 3.77. The second-order valence-corrected chi connectivity index (χ2v) is 6.68. The zero-order chi connectivity index (χ0) is 20.5. The van der Waals surface area contributed by atoms with Gasteiger partial charge in [0, 0.05) is 27.9 Å². The van der Waals surface area contributed by atoms with Crippen molar-refractivity contribution in [3.63, 3.8) is 0 Å². The zero-order valence-electron chi connectivity index (χ0n) is 16.1. The second kappa shape index (κ2) is 7.35. The number of aryl methyl sites for hydroxylation is 1. The fourth-order valence-electron chi connectivity index (χ4n) is 3.77. The normalized spacial score (nSPS) is 11.1. The number of nitro benzene ring substituents is 1. The molecule has 0 saturated heterocycles. The van der Waals surface area contributed by atoms with Crippen LogP contribution in [0, 0.1) is 10.1 Å². The third-order valence-electron chi connectivity index (χ3n) is 5.07. The molecule has 2 aromatic carbocycles. The molecule has 146 valence electrons. The predicted octanol–water partition coefficient (Wildman–Crippen LogP) is 4.50. The lowest BCUT2D eigenvalue weighted by Crippen LogP contribution is -2.09. The van der Waals surface area contributed by atoms with Gasteiger partial charge in [0.15, 0.2) is 0 Å². The average molecular weight is 389 g/mol. The number of ether oxygens (including phenoxy) is 1. The van der Waals surface area contributed by atoms with Crippen LogP contribution in [0.25, 0.3) is 21.8 Å². The molecule has 0 fully saturated rings. The number of esters is 1. The molecule has 0 N–H and O–H groups in total. The Morgan fingerprint density at radius 2 is 1.86 bits per heavy atom. The zero-order valence-corrected chi connectivity index (χ0v) is 16.1. The molecule has 7 heteroatoms. The highest BCUT2D eigenvalue weighted by molar-refractivity contribution is 6.10. The molecule has 29 heavy (non-hydrogen) atoms. The van der Waals surface area contributed by atoms with Gasteiger partial charge in [-0.15, -0.1) is 0 Å². The van der Waals surface area contributed by atoms with Gasteiger partial charge in [-0.05, 0) is 18.6 Å². The first-order valence-electron chi connectivity index (χ1n) is 9.26. The first-order chi connectivity index (χ1) is 14.0. The first kappa shape index (κ1) is 18.6. The molecule has 0 unspecified atom stereocenters. The molecular formula is C22H19N3O4. The number of methoxy groups -OCH3 is 1. The third-order valence-corrected chi connectivity index (χ3v) is 5.07. The van der Waals surface area contributed by atoms with Gasteiger partial charge in [-0.3, -0.25) is 10.1 Å². The van der Waals surface area contributed by atoms with E-state index in [2.05, 4.69) is 4.98 Å². The number of fused-ring (bicyclic) bond motifs is 3. The van der Waals surface area contributed by atoms with Crippen molar-refractivity contribution in [2.75, 3.05) is 7.11 Å². The molecule has 2 heterocycles. The lowest BCUT2D eigenvalue weighted by Gasteiger charge is -2.11. The van der Waals surface area contributed by atoms with Crippen molar-refractivity contribution < 1.29 is 14.5 Å². The number of pyridine rings is 1. The summed E-state index contributed by atoms with van der Waals surface area (Å²) in [4.78, 5) is 27.8. The molecule has 0 radical (unpaired) electrons. The van der Waals surface area contributed by atoms with Gasteiger partial charge in [0.2, 0.25) is 0 Å². The van der Waals surface area contributed by atoms with E-state index in [1.54, 1.807) is 24.3 Å². The van der Waals surface area contributed by atoms with E-state index in [-0.39, 0.29) is 16.3 Å². The van der Waals surface area contributed by atoms with Crippen molar-refractivity contribution >= 4 is 33.5 Å². The first-order valence-corrected chi connectivity index (χ1v) is 9.26. The summed E-state index contributed by atoms with van der Waals surface area (Å²) >= 11 is 0. The van der Waals surface area contributed by atoms with Crippen LogP contribution in [-0.2, 0) is 17.7 Å². The maximum Gasteiger partial charge on any atom is 0.356 e. The number of aromatic nitrogens is 2. The Kier molecular flexibility index (Phi) is 4.72. The molecule has 0 aliphatic rings. The summed E-state index contributed by atoms with van der Waals surface area (Å²) in [6.07, 6.45) is 0.606. The van der Waals surface area contributed by atoms with Crippen molar-refractivity contribution in [1.29, 1.82) is 0 Å². The molecular weight excluding hydrogens is 370 g/mol. The summed E-state index contributed by atoms with van der Waals surface area (Å²) in [5, 5.41) is 13.3. The number of nitrogens with zero attached hydrogens (tertiary/aromatic N) is 3. The van der Waals surface area contributed by atoms with Gasteiger partial charge in [0.25, 0.3) is 5.69 Å². The van der Waals surface area contributed by atoms with Crippen LogP contribution in [0.5, 0.6) is 0 Å². The molecule has 7 nitrogen and oxygen atoms in total. The molecule has 0 aliphatic carbocycles. The summed E-state index contributed by atoms with van der Waals surface area (Å²) in [6.45, 7) is 2.29. The number of benzene rings is 2. The Balaban J connectivity index is 2.03. The monoisotopic (exact) mass is 389 g/mol. The van der Waals surface area contributed by atoms with Crippen LogP contribution in [0.3, 0.4) is 0 Å². The summed E-state index contributed by atoms with van der Waals surface area (Å²) in [5.41, 5.74) is 3.50. The maximum absolute atomic E-state index is 12.1. The van der Waals surface area contributed by atoms with Gasteiger partial charge in [-0.25, -0.2) is 9.78 Å². The lowest BCUT2D eigenvalue weighted by atomic mass is 10.1. The largest absolute Gasteiger partial charge is 0.464 e. The number of rotatable bonds is 5. The molecule has 4 aromatic rings. The summed E-state index contributed by atoms with van der Waals surface area (Å²) in [6, 6.07) is 16.3. The van der Waals surface area contributed by atoms with Crippen molar-refractivity contribution in [2.45, 2.75) is 19.9 Å². The topological polar surface area (TPSA) is 87.3 Å². The van der Waals surface area contributed by atoms with E-state index >= 15 is 0 Å². The van der Waals surface area contributed by atoms with Crippen LogP contribution < -0.4 is 0 Å². The number of hydrogen-bond donors (Lipinski definition) is 0. The van der Waals surface area contributed by atoms with Crippen LogP contribution in [-0.4, -0.2) is 27.6 Å². The molecule has 2 aromatic heterocycles. The van der Waals surface area contributed by atoms with E-state index in [0.717, 1.165) is 27.5 Å². The number of nitro groups is 1. The maximum atomic E-state index is 12.1. The van der Waals surface area contributed by atoms with E-state index in [0.29, 0.717) is 18.5 Å². The summed E-state index contributed by atoms with van der Waals surface area (Å²) in [7, 11) is 1.33. The molecule has 0 atom stereocenters. The van der Waals surface area contributed by atoms with Gasteiger partial charge in [0.1, 0.15) is 5.69 Å². The minimum Gasteiger partial charge on any atom is -0.464 e. The second-order valence-electron chi connectivity index (χ2n) is 6.68. The van der Waals surface area contributed by atoms with Gasteiger partial charge < -0.3 is 9.30 Å². The van der Waals surface area contributed by atoms with E-state index in [4.69, 9.17) is 4.74 Å². The highest BCUT2D eigenvalue weighted by Gasteiger charge is 2.21. The molecule has 0 amide bonds. The van der Waals surface area contributed by atoms with Gasteiger partial charge in [-0.2, -0.15) is 0 Å². The highest BCUT2D eigenvalue weighted by atomic mass is 16.6. The smallest absolute Gasteiger partial charge is 0.356 e. The van der Waals surface area contributed by atoms with Gasteiger partial charge in [-0.1, -0.05) is 43.3 Å². The molecule has 0 spiro atoms. The summed E-state index contributed by atoms with van der Waals surface area (Å²) in [5.74, 6) is -0.489. The minimum atomic E-state index is -0.489. The van der Waals surface area contributed by atoms with Crippen molar-refractivity contribution in [3.8, 4) is 0 Å². The van der Waals surface area contributed by atoms with Crippen LogP contribution in [0.4, 0.5) is 5.69 Å². The number of hydrogen-bond acceptors (Lipinski definition) is 5. The van der Waals surface area contributed by atoms with E-state index < -0.39 is 5.97 Å². The van der Waals surface area contributed by atoms with Crippen LogP contribution in [0.15, 0.2) is 54.6 Å². The Labute approximate surface area is 166 Å². The minimum absolute atomic E-state index is 0.0793. The number of carbonyl (C=O) groups excluding carboxylic acids is 1. The SMILES string of the molecule is CCc1nc(C(=O)OC)cc2c3ccccc3n(Cc3ccccc3[N+](=O)[O-])c12. The van der Waals surface area contributed by atoms with E-state index in [1.165, 1.54) is 13.2 Å². The fraction of sp³-hybridized carbons (Fsp3) is 0.182. The Morgan fingerprint density at radius 3 is 2.59 bits per heavy atom. The van der Waals surface area contributed by atoms with E-state index in [9.17, 15) is 14.9 Å². The average Bonchev–Trinajstić information content (AvgIpc) is 3.06. The Bertz CT molecular complexity index is 1260. The standard InChI is InChI=1S/C22H19N3O4/c1-3-17-21-16(12-18(23-17)22(26)29-2)15-9-5-7-11-20(15)24(21)13-14-8-4-6-10-19(14)25(27)28/h4-12H,3,13H2,1-2H3. The van der Waals surface area contributed by atoms with Crippen molar-refractivity contribution in [2.24, 2.45) is 0 Å². The Hall–Kier alpha value is -3.74. The number of carbonyl (C=O) groups is 1. The van der Waals surface area contributed by atoms with Gasteiger partial charge >= 0.3 is 5.97 Å². The van der Waals surface area contributed by atoms with Crippen LogP contribution >= 0.6 is 0 Å². The van der Waals surface area contributed by atoms with Crippen LogP contribution in [0.2, 0.25) is 0 Å². The highest BCUT2D eigenvalue weighted by Crippen LogP contribution is 2.33. The molecule has 0 bridgehead atoms. The van der Waals surface area contributed by atoms with E-state index in [1.807, 2.05) is 35.8 Å².